The van der Waals surface area contributed by atoms with Crippen LogP contribution in [0.1, 0.15) is 13.3 Å². The Balaban J connectivity index is 2.46. The zero-order valence-corrected chi connectivity index (χ0v) is 13.7. The number of hydrogen-bond donors (Lipinski definition) is 3. The third-order valence-electron chi connectivity index (χ3n) is 4.17. The third-order valence-corrected chi connectivity index (χ3v) is 6.42. The first-order chi connectivity index (χ1) is 10.8. The molecular weight excluding hydrogens is 324 g/mol. The summed E-state index contributed by atoms with van der Waals surface area (Å²) in [6.45, 7) is 2.18. The molecule has 0 saturated carbocycles. The van der Waals surface area contributed by atoms with Crippen molar-refractivity contribution in [2.45, 2.75) is 29.2 Å². The van der Waals surface area contributed by atoms with E-state index in [2.05, 4.69) is 0 Å². The molecule has 0 spiro atoms. The molecule has 2 atom stereocenters. The van der Waals surface area contributed by atoms with Crippen LogP contribution in [0.3, 0.4) is 0 Å². The molecule has 1 aliphatic heterocycles. The molecule has 9 heteroatoms. The van der Waals surface area contributed by atoms with Crippen LogP contribution in [-0.2, 0) is 14.6 Å². The average Bonchev–Trinajstić information content (AvgIpc) is 2.92. The van der Waals surface area contributed by atoms with Crippen molar-refractivity contribution in [1.29, 1.82) is 0 Å². The van der Waals surface area contributed by atoms with Gasteiger partial charge >= 0.3 is 0 Å². The van der Waals surface area contributed by atoms with Gasteiger partial charge in [0.05, 0.1) is 12.0 Å². The number of amides is 1. The molecule has 0 aliphatic carbocycles. The van der Waals surface area contributed by atoms with E-state index in [0.29, 0.717) is 5.75 Å². The van der Waals surface area contributed by atoms with E-state index in [1.807, 2.05) is 0 Å². The fourth-order valence-electron chi connectivity index (χ4n) is 2.92. The number of carbonyl (C=O) groups is 1. The molecule has 23 heavy (non-hydrogen) atoms. The predicted octanol–water partition coefficient (Wildman–Crippen LogP) is -0.243. The zero-order chi connectivity index (χ0) is 17.3. The molecule has 2 rings (SSSR count). The second kappa shape index (κ2) is 6.44. The van der Waals surface area contributed by atoms with Crippen LogP contribution in [0.2, 0.25) is 0 Å². The maximum Gasteiger partial charge on any atom is 0.292 e. The molecule has 0 bridgehead atoms. The second-order valence-electron chi connectivity index (χ2n) is 5.24. The third kappa shape index (κ3) is 2.80. The summed E-state index contributed by atoms with van der Waals surface area (Å²) in [5.41, 5.74) is -0.949. The predicted molar refractivity (Wildman–Crippen MR) is 80.7 cm³/mol. The summed E-state index contributed by atoms with van der Waals surface area (Å²) in [5.74, 6) is -0.659. The number of ether oxygens (including phenoxy) is 1. The molecule has 3 N–H and O–H groups in total. The fourth-order valence-corrected chi connectivity index (χ4v) is 4.87. The van der Waals surface area contributed by atoms with E-state index in [1.54, 1.807) is 6.92 Å². The standard InChI is InChI=1S/C14H20N2O6S/c1-3-16-9-8-12(14(16,18)13(17)15-19)23(20,21)11-6-4-10(22-2)5-7-11/h4-7,12,18-19H,3,8-9H2,1-2H3,(H,15,17). The molecule has 8 nitrogen and oxygen atoms in total. The van der Waals surface area contributed by atoms with E-state index < -0.39 is 26.7 Å². The van der Waals surface area contributed by atoms with Crippen LogP contribution in [0.25, 0.3) is 0 Å². The molecule has 1 aliphatic rings. The number of carbonyl (C=O) groups excluding carboxylic acids is 1. The SMILES string of the molecule is CCN1CCC(S(=O)(=O)c2ccc(OC)cc2)C1(O)C(=O)NO. The topological polar surface area (TPSA) is 116 Å². The molecule has 1 fully saturated rings. The van der Waals surface area contributed by atoms with Gasteiger partial charge in [0, 0.05) is 6.54 Å². The van der Waals surface area contributed by atoms with E-state index in [1.165, 1.54) is 41.8 Å². The number of likely N-dealkylation sites (N-methyl/N-ethyl adjacent to an activating group) is 1. The Hall–Kier alpha value is -1.68. The summed E-state index contributed by atoms with van der Waals surface area (Å²) in [4.78, 5) is 13.3. The molecule has 1 aromatic rings. The number of sulfone groups is 1. The number of benzene rings is 1. The lowest BCUT2D eigenvalue weighted by molar-refractivity contribution is -0.165. The summed E-state index contributed by atoms with van der Waals surface area (Å²) in [6.07, 6.45) is 0.0755. The Morgan fingerprint density at radius 3 is 2.52 bits per heavy atom. The lowest BCUT2D eigenvalue weighted by Crippen LogP contribution is -2.62. The Morgan fingerprint density at radius 1 is 1.43 bits per heavy atom. The number of likely N-dealkylation sites (tertiary alicyclic amines) is 1. The van der Waals surface area contributed by atoms with Crippen molar-refractivity contribution in [2.24, 2.45) is 0 Å². The molecule has 1 amide bonds. The monoisotopic (exact) mass is 344 g/mol. The smallest absolute Gasteiger partial charge is 0.292 e. The van der Waals surface area contributed by atoms with Crippen molar-refractivity contribution in [1.82, 2.24) is 10.4 Å². The molecule has 128 valence electrons. The summed E-state index contributed by atoms with van der Waals surface area (Å²) in [7, 11) is -2.53. The summed E-state index contributed by atoms with van der Waals surface area (Å²) >= 11 is 0. The number of methoxy groups -OCH3 is 1. The molecule has 1 aromatic carbocycles. The minimum absolute atomic E-state index is 0.0228. The Kier molecular flexibility index (Phi) is 4.95. The number of hydrogen-bond acceptors (Lipinski definition) is 7. The Bertz CT molecular complexity index is 675. The number of nitrogens with zero attached hydrogens (tertiary/aromatic N) is 1. The van der Waals surface area contributed by atoms with Crippen LogP contribution in [0.4, 0.5) is 0 Å². The van der Waals surface area contributed by atoms with Gasteiger partial charge in [-0.3, -0.25) is 14.9 Å². The first kappa shape index (κ1) is 17.7. The summed E-state index contributed by atoms with van der Waals surface area (Å²) < 4.78 is 30.7. The van der Waals surface area contributed by atoms with Crippen LogP contribution in [0.5, 0.6) is 5.75 Å². The van der Waals surface area contributed by atoms with Gasteiger partial charge < -0.3 is 9.84 Å². The number of hydroxylamine groups is 1. The van der Waals surface area contributed by atoms with Crippen LogP contribution in [-0.4, -0.2) is 60.7 Å². The van der Waals surface area contributed by atoms with E-state index >= 15 is 0 Å². The number of aliphatic hydroxyl groups is 1. The first-order valence-electron chi connectivity index (χ1n) is 7.12. The highest BCUT2D eigenvalue weighted by Crippen LogP contribution is 2.36. The van der Waals surface area contributed by atoms with Crippen molar-refractivity contribution in [3.63, 3.8) is 0 Å². The lowest BCUT2D eigenvalue weighted by atomic mass is 10.1. The molecule has 1 heterocycles. The number of nitrogens with one attached hydrogen (secondary N) is 1. The quantitative estimate of drug-likeness (QED) is 0.498. The highest BCUT2D eigenvalue weighted by molar-refractivity contribution is 7.92. The van der Waals surface area contributed by atoms with Crippen molar-refractivity contribution in [3.8, 4) is 5.75 Å². The van der Waals surface area contributed by atoms with Crippen LogP contribution in [0.15, 0.2) is 29.2 Å². The van der Waals surface area contributed by atoms with Crippen LogP contribution < -0.4 is 10.2 Å². The second-order valence-corrected chi connectivity index (χ2v) is 7.38. The van der Waals surface area contributed by atoms with Crippen molar-refractivity contribution in [3.05, 3.63) is 24.3 Å². The maximum atomic E-state index is 12.8. The minimum Gasteiger partial charge on any atom is -0.497 e. The highest BCUT2D eigenvalue weighted by atomic mass is 32.2. The highest BCUT2D eigenvalue weighted by Gasteiger charge is 2.58. The molecule has 0 radical (unpaired) electrons. The van der Waals surface area contributed by atoms with Crippen molar-refractivity contribution >= 4 is 15.7 Å². The Morgan fingerprint density at radius 2 is 2.04 bits per heavy atom. The van der Waals surface area contributed by atoms with Gasteiger partial charge in [-0.1, -0.05) is 6.92 Å². The van der Waals surface area contributed by atoms with Crippen molar-refractivity contribution < 1.29 is 28.3 Å². The largest absolute Gasteiger partial charge is 0.497 e. The normalized spacial score (nSPS) is 25.3. The zero-order valence-electron chi connectivity index (χ0n) is 12.9. The molecule has 0 aromatic heterocycles. The van der Waals surface area contributed by atoms with Gasteiger partial charge in [0.1, 0.15) is 11.0 Å². The van der Waals surface area contributed by atoms with Gasteiger partial charge in [-0.15, -0.1) is 0 Å². The van der Waals surface area contributed by atoms with Crippen molar-refractivity contribution in [2.75, 3.05) is 20.2 Å². The Labute approximate surface area is 134 Å². The van der Waals surface area contributed by atoms with Gasteiger partial charge in [0.25, 0.3) is 5.91 Å². The first-order valence-corrected chi connectivity index (χ1v) is 8.66. The van der Waals surface area contributed by atoms with Gasteiger partial charge in [-0.05, 0) is 37.2 Å². The molecule has 2 unspecified atom stereocenters. The van der Waals surface area contributed by atoms with Gasteiger partial charge in [0.2, 0.25) is 5.72 Å². The number of rotatable bonds is 5. The van der Waals surface area contributed by atoms with Crippen LogP contribution >= 0.6 is 0 Å². The van der Waals surface area contributed by atoms with Gasteiger partial charge in [0.15, 0.2) is 9.84 Å². The molecular formula is C14H20N2O6S. The van der Waals surface area contributed by atoms with Crippen LogP contribution in [0, 0.1) is 0 Å². The maximum absolute atomic E-state index is 12.8. The average molecular weight is 344 g/mol. The molecule has 1 saturated heterocycles. The lowest BCUT2D eigenvalue weighted by Gasteiger charge is -2.34. The van der Waals surface area contributed by atoms with Gasteiger partial charge in [-0.25, -0.2) is 13.9 Å². The fraction of sp³-hybridized carbons (Fsp3) is 0.500. The summed E-state index contributed by atoms with van der Waals surface area (Å²) in [6, 6.07) is 5.70. The summed E-state index contributed by atoms with van der Waals surface area (Å²) in [5, 5.41) is 18.2. The van der Waals surface area contributed by atoms with E-state index in [0.717, 1.165) is 0 Å². The van der Waals surface area contributed by atoms with E-state index in [9.17, 15) is 18.3 Å². The van der Waals surface area contributed by atoms with Gasteiger partial charge in [-0.2, -0.15) is 0 Å². The minimum atomic E-state index is -3.99. The van der Waals surface area contributed by atoms with E-state index in [4.69, 9.17) is 9.94 Å². The van der Waals surface area contributed by atoms with E-state index in [-0.39, 0.29) is 24.4 Å².